The number of halogens is 2. The second-order valence-corrected chi connectivity index (χ2v) is 4.87. The first-order valence-electron chi connectivity index (χ1n) is 6.14. The van der Waals surface area contributed by atoms with E-state index in [-0.39, 0.29) is 16.9 Å². The smallest absolute Gasteiger partial charge is 0.142 e. The van der Waals surface area contributed by atoms with Crippen LogP contribution in [-0.4, -0.2) is 12.0 Å². The van der Waals surface area contributed by atoms with E-state index in [4.69, 9.17) is 11.6 Å². The Morgan fingerprint density at radius 3 is 2.84 bits per heavy atom. The Bertz CT molecular complexity index is 572. The van der Waals surface area contributed by atoms with Crippen LogP contribution < -0.4 is 5.32 Å². The van der Waals surface area contributed by atoms with Crippen LogP contribution in [0.4, 0.5) is 4.39 Å². The Hall–Kier alpha value is -1.45. The van der Waals surface area contributed by atoms with Crippen molar-refractivity contribution in [1.82, 2.24) is 10.3 Å². The second kappa shape index (κ2) is 6.13. The molecule has 0 radical (unpaired) electrons. The fourth-order valence-electron chi connectivity index (χ4n) is 2.10. The van der Waals surface area contributed by atoms with Crippen molar-refractivity contribution in [3.63, 3.8) is 0 Å². The number of aryl methyl sites for hydroxylation is 1. The molecule has 2 rings (SSSR count). The zero-order valence-electron chi connectivity index (χ0n) is 11.0. The van der Waals surface area contributed by atoms with E-state index in [0.29, 0.717) is 6.42 Å². The molecule has 1 heterocycles. The molecule has 1 atom stereocenters. The van der Waals surface area contributed by atoms with Gasteiger partial charge in [0, 0.05) is 17.9 Å². The van der Waals surface area contributed by atoms with Crippen LogP contribution >= 0.6 is 11.6 Å². The van der Waals surface area contributed by atoms with E-state index in [1.165, 1.54) is 6.07 Å². The zero-order valence-corrected chi connectivity index (χ0v) is 11.7. The summed E-state index contributed by atoms with van der Waals surface area (Å²) in [6.07, 6.45) is 2.42. The average Bonchev–Trinajstić information content (AvgIpc) is 2.40. The number of likely N-dealkylation sites (N-methyl/N-ethyl adjacent to an activating group) is 1. The fourth-order valence-corrected chi connectivity index (χ4v) is 2.30. The van der Waals surface area contributed by atoms with Crippen LogP contribution in [0.15, 0.2) is 36.5 Å². The van der Waals surface area contributed by atoms with Gasteiger partial charge in [0.1, 0.15) is 5.82 Å². The summed E-state index contributed by atoms with van der Waals surface area (Å²) in [6, 6.07) is 8.97. The van der Waals surface area contributed by atoms with Crippen molar-refractivity contribution in [3.05, 3.63) is 64.2 Å². The number of hydrogen-bond acceptors (Lipinski definition) is 2. The average molecular weight is 279 g/mol. The van der Waals surface area contributed by atoms with Crippen molar-refractivity contribution < 1.29 is 4.39 Å². The van der Waals surface area contributed by atoms with Gasteiger partial charge in [-0.2, -0.15) is 0 Å². The minimum Gasteiger partial charge on any atom is -0.313 e. The maximum Gasteiger partial charge on any atom is 0.142 e. The molecule has 0 bridgehead atoms. The van der Waals surface area contributed by atoms with Gasteiger partial charge in [-0.1, -0.05) is 23.7 Å². The molecule has 0 aliphatic heterocycles. The van der Waals surface area contributed by atoms with Crippen molar-refractivity contribution in [3.8, 4) is 0 Å². The van der Waals surface area contributed by atoms with Crippen molar-refractivity contribution in [2.75, 3.05) is 7.05 Å². The molecule has 0 aliphatic rings. The highest BCUT2D eigenvalue weighted by atomic mass is 35.5. The summed E-state index contributed by atoms with van der Waals surface area (Å²) in [7, 11) is 1.88. The molecule has 2 aromatic rings. The van der Waals surface area contributed by atoms with Crippen LogP contribution in [0.1, 0.15) is 22.9 Å². The summed E-state index contributed by atoms with van der Waals surface area (Å²) < 4.78 is 13.4. The van der Waals surface area contributed by atoms with Gasteiger partial charge in [0.15, 0.2) is 0 Å². The third-order valence-corrected chi connectivity index (χ3v) is 3.55. The SMILES string of the molecule is CNC(Cc1cccc(F)c1Cl)c1ccnc(C)c1. The van der Waals surface area contributed by atoms with E-state index in [1.807, 2.05) is 32.2 Å². The number of nitrogens with zero attached hydrogens (tertiary/aromatic N) is 1. The second-order valence-electron chi connectivity index (χ2n) is 4.49. The number of benzene rings is 1. The molecule has 1 aromatic carbocycles. The van der Waals surface area contributed by atoms with Crippen LogP contribution in [0.2, 0.25) is 5.02 Å². The summed E-state index contributed by atoms with van der Waals surface area (Å²) in [4.78, 5) is 4.18. The fraction of sp³-hybridized carbons (Fsp3) is 0.267. The van der Waals surface area contributed by atoms with E-state index >= 15 is 0 Å². The van der Waals surface area contributed by atoms with Crippen LogP contribution in [0.25, 0.3) is 0 Å². The predicted molar refractivity (Wildman–Crippen MR) is 75.9 cm³/mol. The maximum absolute atomic E-state index is 13.4. The summed E-state index contributed by atoms with van der Waals surface area (Å²) >= 11 is 6.00. The van der Waals surface area contributed by atoms with Crippen LogP contribution in [0.5, 0.6) is 0 Å². The molecule has 0 spiro atoms. The molecule has 4 heteroatoms. The lowest BCUT2D eigenvalue weighted by Gasteiger charge is -2.18. The molecule has 0 aliphatic carbocycles. The third kappa shape index (κ3) is 3.31. The normalized spacial score (nSPS) is 12.4. The van der Waals surface area contributed by atoms with E-state index in [0.717, 1.165) is 16.8 Å². The van der Waals surface area contributed by atoms with Crippen molar-refractivity contribution >= 4 is 11.6 Å². The van der Waals surface area contributed by atoms with E-state index in [9.17, 15) is 4.39 Å². The van der Waals surface area contributed by atoms with Crippen LogP contribution in [0.3, 0.4) is 0 Å². The highest BCUT2D eigenvalue weighted by molar-refractivity contribution is 6.31. The molecule has 1 unspecified atom stereocenters. The molecule has 100 valence electrons. The molecule has 0 saturated heterocycles. The Morgan fingerprint density at radius 2 is 2.16 bits per heavy atom. The first kappa shape index (κ1) is 14.0. The molecule has 19 heavy (non-hydrogen) atoms. The summed E-state index contributed by atoms with van der Waals surface area (Å²) in [5.74, 6) is -0.375. The topological polar surface area (TPSA) is 24.9 Å². The van der Waals surface area contributed by atoms with E-state index < -0.39 is 0 Å². The standard InChI is InChI=1S/C15H16ClFN2/c1-10-8-11(6-7-19-10)14(18-2)9-12-4-3-5-13(17)15(12)16/h3-8,14,18H,9H2,1-2H3. The number of nitrogens with one attached hydrogen (secondary N) is 1. The van der Waals surface area contributed by atoms with Gasteiger partial charge in [-0.25, -0.2) is 4.39 Å². The summed E-state index contributed by atoms with van der Waals surface area (Å²) in [5.41, 5.74) is 2.88. The molecule has 1 aromatic heterocycles. The van der Waals surface area contributed by atoms with Gasteiger partial charge in [-0.15, -0.1) is 0 Å². The maximum atomic E-state index is 13.4. The van der Waals surface area contributed by atoms with Crippen LogP contribution in [0, 0.1) is 12.7 Å². The molecule has 0 saturated carbocycles. The molecule has 2 nitrogen and oxygen atoms in total. The summed E-state index contributed by atoms with van der Waals surface area (Å²) in [6.45, 7) is 1.95. The molecule has 0 amide bonds. The van der Waals surface area contributed by atoms with Gasteiger partial charge < -0.3 is 5.32 Å². The molecule has 1 N–H and O–H groups in total. The molecular formula is C15H16ClFN2. The molecule has 0 fully saturated rings. The third-order valence-electron chi connectivity index (χ3n) is 3.13. The van der Waals surface area contributed by atoms with Crippen molar-refractivity contribution in [2.24, 2.45) is 0 Å². The van der Waals surface area contributed by atoms with E-state index in [2.05, 4.69) is 10.3 Å². The first-order valence-corrected chi connectivity index (χ1v) is 6.52. The van der Waals surface area contributed by atoms with Gasteiger partial charge in [0.2, 0.25) is 0 Å². The number of pyridine rings is 1. The van der Waals surface area contributed by atoms with E-state index in [1.54, 1.807) is 12.3 Å². The first-order chi connectivity index (χ1) is 9.11. The van der Waals surface area contributed by atoms with Gasteiger partial charge in [0.25, 0.3) is 0 Å². The van der Waals surface area contributed by atoms with Crippen molar-refractivity contribution in [1.29, 1.82) is 0 Å². The minimum atomic E-state index is -0.375. The highest BCUT2D eigenvalue weighted by Crippen LogP contribution is 2.25. The van der Waals surface area contributed by atoms with Gasteiger partial charge in [0.05, 0.1) is 5.02 Å². The van der Waals surface area contributed by atoms with Crippen molar-refractivity contribution in [2.45, 2.75) is 19.4 Å². The minimum absolute atomic E-state index is 0.0843. The monoisotopic (exact) mass is 278 g/mol. The Balaban J connectivity index is 2.26. The van der Waals surface area contributed by atoms with Gasteiger partial charge in [-0.3, -0.25) is 4.98 Å². The zero-order chi connectivity index (χ0) is 13.8. The number of aromatic nitrogens is 1. The Labute approximate surface area is 117 Å². The predicted octanol–water partition coefficient (Wildman–Crippen LogP) is 3.69. The lowest BCUT2D eigenvalue weighted by Crippen LogP contribution is -2.19. The lowest BCUT2D eigenvalue weighted by molar-refractivity contribution is 0.583. The number of rotatable bonds is 4. The molecular weight excluding hydrogens is 263 g/mol. The summed E-state index contributed by atoms with van der Waals surface area (Å²) in [5, 5.41) is 3.43. The lowest BCUT2D eigenvalue weighted by atomic mass is 9.99. The Morgan fingerprint density at radius 1 is 1.37 bits per heavy atom. The van der Waals surface area contributed by atoms with Gasteiger partial charge in [-0.05, 0) is 49.7 Å². The van der Waals surface area contributed by atoms with Gasteiger partial charge >= 0.3 is 0 Å². The largest absolute Gasteiger partial charge is 0.313 e. The van der Waals surface area contributed by atoms with Crippen LogP contribution in [-0.2, 0) is 6.42 Å². The number of hydrogen-bond donors (Lipinski definition) is 1. The highest BCUT2D eigenvalue weighted by Gasteiger charge is 2.14. The Kier molecular flexibility index (Phi) is 4.51. The quantitative estimate of drug-likeness (QED) is 0.923.